The molecule has 0 unspecified atom stereocenters. The van der Waals surface area contributed by atoms with Crippen LogP contribution in [0.1, 0.15) is 0 Å². The number of aromatic nitrogens is 2. The Kier molecular flexibility index (Phi) is 18.2. The summed E-state index contributed by atoms with van der Waals surface area (Å²) in [5.74, 6) is 0. The molecule has 28 aromatic rings. The van der Waals surface area contributed by atoms with E-state index in [2.05, 4.69) is 492 Å². The smallest absolute Gasteiger partial charge is 0.135 e. The van der Waals surface area contributed by atoms with E-state index in [1.54, 1.807) is 0 Å². The molecule has 0 fully saturated rings. The third-order valence-corrected chi connectivity index (χ3v) is 28.1. The summed E-state index contributed by atoms with van der Waals surface area (Å²) in [6, 6.07) is 181. The van der Waals surface area contributed by atoms with Crippen LogP contribution in [0.4, 0.5) is 34.1 Å². The monoisotopic (exact) mass is 1730 g/mol. The van der Waals surface area contributed by atoms with Crippen LogP contribution in [0.15, 0.2) is 506 Å². The minimum Gasteiger partial charge on any atom is -0.456 e. The number of para-hydroxylation sites is 4. The van der Waals surface area contributed by atoms with Crippen molar-refractivity contribution in [3.63, 3.8) is 0 Å². The predicted molar refractivity (Wildman–Crippen MR) is 575 cm³/mol. The van der Waals surface area contributed by atoms with Crippen LogP contribution < -0.4 is 9.80 Å². The summed E-state index contributed by atoms with van der Waals surface area (Å²) in [7, 11) is 0. The van der Waals surface area contributed by atoms with E-state index in [0.717, 1.165) is 101 Å². The highest BCUT2D eigenvalue weighted by atomic mass is 16.3. The van der Waals surface area contributed by atoms with Crippen molar-refractivity contribution in [3.05, 3.63) is 497 Å². The van der Waals surface area contributed by atoms with Crippen LogP contribution in [-0.4, -0.2) is 9.13 Å². The Morgan fingerprint density at radius 3 is 0.794 bits per heavy atom. The molecule has 136 heavy (non-hydrogen) atoms. The first-order chi connectivity index (χ1) is 67.4. The normalized spacial score (nSPS) is 11.8. The van der Waals surface area contributed by atoms with Crippen molar-refractivity contribution in [1.82, 2.24) is 9.13 Å². The molecule has 634 valence electrons. The first-order valence-corrected chi connectivity index (χ1v) is 46.6. The fourth-order valence-corrected chi connectivity index (χ4v) is 21.7. The highest BCUT2D eigenvalue weighted by Crippen LogP contribution is 2.49. The Labute approximate surface area is 783 Å². The van der Waals surface area contributed by atoms with Gasteiger partial charge in [0.15, 0.2) is 0 Å². The maximum atomic E-state index is 6.32. The summed E-state index contributed by atoms with van der Waals surface area (Å²) in [6.45, 7) is 0. The lowest BCUT2D eigenvalue weighted by Gasteiger charge is -2.26. The lowest BCUT2D eigenvalue weighted by Crippen LogP contribution is -2.10. The standard InChI is InChI=1S/C66H42N2O.C64H40N2O/c1-3-13-43(14-4-1)44-23-25-45(26-24-44)47-29-36-63-60(39-47)61-40-48(30-37-64(61)68(63)49-15-5-2-6-16-49)46-27-31-50(32-28-46)67(52-34-38-66-62(42-52)58-21-11-12-22-65(58)69-66)51-33-35-57-55-19-8-7-17-53(55)54-18-9-10-20-56(54)59(57)41-51;1-2-15-45(16-3-1)66-61-34-27-43(37-58(61)59-38-44(28-35-62(59)66)50-23-12-14-42-13-4-5-17-49(42)50)41-25-29-46(30-26-41)65(48-32-36-64-60(40-48)56-22-10-11-24-63(56)67-64)47-31-33-55-53-20-7-6-18-51(53)52-19-8-9-21-54(52)57(55)39-47/h1-42H;1-40H. The zero-order valence-corrected chi connectivity index (χ0v) is 73.9. The molecule has 0 atom stereocenters. The van der Waals surface area contributed by atoms with E-state index in [-0.39, 0.29) is 0 Å². The lowest BCUT2D eigenvalue weighted by molar-refractivity contribution is 0.668. The fourth-order valence-electron chi connectivity index (χ4n) is 21.7. The molecule has 0 aliphatic heterocycles. The van der Waals surface area contributed by atoms with Crippen LogP contribution >= 0.6 is 0 Å². The molecule has 0 saturated carbocycles. The van der Waals surface area contributed by atoms with Crippen LogP contribution in [0, 0.1) is 0 Å². The maximum absolute atomic E-state index is 6.32. The van der Waals surface area contributed by atoms with Crippen LogP contribution in [0.2, 0.25) is 0 Å². The van der Waals surface area contributed by atoms with Crippen LogP contribution in [0.25, 0.3) is 230 Å². The Morgan fingerprint density at radius 2 is 0.397 bits per heavy atom. The predicted octanol–water partition coefficient (Wildman–Crippen LogP) is 36.7. The quantitative estimate of drug-likeness (QED) is 0.108. The fraction of sp³-hybridized carbons (Fsp3) is 0. The molecule has 6 nitrogen and oxygen atoms in total. The van der Waals surface area contributed by atoms with Crippen molar-refractivity contribution < 1.29 is 8.83 Å². The van der Waals surface area contributed by atoms with E-state index in [1.807, 2.05) is 24.3 Å². The van der Waals surface area contributed by atoms with Crippen LogP contribution in [0.3, 0.4) is 0 Å². The Morgan fingerprint density at radius 1 is 0.140 bits per heavy atom. The third kappa shape index (κ3) is 13.0. The number of hydrogen-bond acceptors (Lipinski definition) is 4. The molecule has 0 amide bonds. The van der Waals surface area contributed by atoms with Crippen LogP contribution in [-0.2, 0) is 0 Å². The van der Waals surface area contributed by atoms with Gasteiger partial charge in [-0.2, -0.15) is 0 Å². The Bertz CT molecular complexity index is 9590. The number of fused-ring (bicyclic) bond motifs is 25. The van der Waals surface area contributed by atoms with Gasteiger partial charge in [-0.3, -0.25) is 0 Å². The second-order valence-corrected chi connectivity index (χ2v) is 35.7. The average molecular weight is 1730 g/mol. The SMILES string of the molecule is c1ccc(-c2ccc(-c3ccc4c(c3)c3cc(-c5ccc(N(c6ccc7oc8ccccc8c7c6)c6ccc7c8ccccc8c8ccccc8c7c6)cc5)ccc3n4-c3ccccc3)cc2)cc1.c1ccc(-n2c3ccc(-c4ccc(N(c5ccc6oc7ccccc7c6c5)c5ccc6c7ccccc7c7ccccc7c6c5)cc4)cc3c3cc(-c4cccc5ccccc45)ccc32)cc1. The molecule has 0 radical (unpaired) electrons. The Hall–Kier alpha value is -18.1. The largest absolute Gasteiger partial charge is 0.456 e. The number of furan rings is 2. The molecule has 24 aromatic carbocycles. The van der Waals surface area contributed by atoms with Crippen molar-refractivity contribution in [3.8, 4) is 67.0 Å². The summed E-state index contributed by atoms with van der Waals surface area (Å²) in [6.07, 6.45) is 0. The Balaban J connectivity index is 0.000000138. The van der Waals surface area contributed by atoms with Crippen molar-refractivity contribution >= 4 is 197 Å². The van der Waals surface area contributed by atoms with Gasteiger partial charge in [0.1, 0.15) is 22.3 Å². The number of anilines is 6. The second kappa shape index (κ2) is 31.9. The van der Waals surface area contributed by atoms with E-state index in [0.29, 0.717) is 0 Å². The average Bonchev–Trinajstić information content (AvgIpc) is 0.901. The molecule has 0 spiro atoms. The molecular formula is C130H82N4O2. The summed E-state index contributed by atoms with van der Waals surface area (Å²) >= 11 is 0. The van der Waals surface area contributed by atoms with Gasteiger partial charge in [-0.15, -0.1) is 0 Å². The van der Waals surface area contributed by atoms with E-state index in [9.17, 15) is 0 Å². The highest BCUT2D eigenvalue weighted by molar-refractivity contribution is 6.28. The van der Waals surface area contributed by atoms with Crippen molar-refractivity contribution in [2.45, 2.75) is 0 Å². The van der Waals surface area contributed by atoms with Crippen molar-refractivity contribution in [2.24, 2.45) is 0 Å². The van der Waals surface area contributed by atoms with Gasteiger partial charge < -0.3 is 27.8 Å². The van der Waals surface area contributed by atoms with Gasteiger partial charge in [0.05, 0.1) is 22.1 Å². The lowest BCUT2D eigenvalue weighted by atomic mass is 9.94. The summed E-state index contributed by atoms with van der Waals surface area (Å²) in [5, 5.41) is 26.9. The number of nitrogens with zero attached hydrogens (tertiary/aromatic N) is 4. The van der Waals surface area contributed by atoms with Gasteiger partial charge in [-0.05, 0) is 301 Å². The summed E-state index contributed by atoms with van der Waals surface area (Å²) in [4.78, 5) is 4.78. The minimum atomic E-state index is 0.878. The topological polar surface area (TPSA) is 42.6 Å². The van der Waals surface area contributed by atoms with Gasteiger partial charge in [-0.1, -0.05) is 328 Å². The van der Waals surface area contributed by atoms with E-state index in [4.69, 9.17) is 8.83 Å². The van der Waals surface area contributed by atoms with Gasteiger partial charge in [0.2, 0.25) is 0 Å². The zero-order chi connectivity index (χ0) is 89.4. The highest BCUT2D eigenvalue weighted by Gasteiger charge is 2.25. The van der Waals surface area contributed by atoms with Gasteiger partial charge in [0, 0.05) is 88.6 Å². The maximum Gasteiger partial charge on any atom is 0.135 e. The van der Waals surface area contributed by atoms with E-state index < -0.39 is 0 Å². The third-order valence-electron chi connectivity index (χ3n) is 28.1. The summed E-state index contributed by atoms with van der Waals surface area (Å²) in [5.41, 5.74) is 28.9. The van der Waals surface area contributed by atoms with Crippen LogP contribution in [0.5, 0.6) is 0 Å². The molecule has 6 heteroatoms. The molecule has 0 bridgehead atoms. The first kappa shape index (κ1) is 77.8. The van der Waals surface area contributed by atoms with Crippen molar-refractivity contribution in [2.75, 3.05) is 9.80 Å². The molecule has 4 heterocycles. The number of benzene rings is 24. The molecule has 4 aromatic heterocycles. The van der Waals surface area contributed by atoms with Gasteiger partial charge in [-0.25, -0.2) is 0 Å². The molecule has 0 saturated heterocycles. The second-order valence-electron chi connectivity index (χ2n) is 35.7. The molecular weight excluding hydrogens is 1650 g/mol. The van der Waals surface area contributed by atoms with Gasteiger partial charge in [0.25, 0.3) is 0 Å². The van der Waals surface area contributed by atoms with Crippen molar-refractivity contribution in [1.29, 1.82) is 0 Å². The number of hydrogen-bond donors (Lipinski definition) is 0. The molecule has 0 aliphatic carbocycles. The van der Waals surface area contributed by atoms with Gasteiger partial charge >= 0.3 is 0 Å². The molecule has 0 aliphatic rings. The molecule has 28 rings (SSSR count). The molecule has 0 N–H and O–H groups in total. The van der Waals surface area contributed by atoms with E-state index >= 15 is 0 Å². The minimum absolute atomic E-state index is 0.878. The zero-order valence-electron chi connectivity index (χ0n) is 73.9. The van der Waals surface area contributed by atoms with E-state index in [1.165, 1.54) is 164 Å². The number of rotatable bonds is 13. The first-order valence-electron chi connectivity index (χ1n) is 46.6. The summed E-state index contributed by atoms with van der Waals surface area (Å²) < 4.78 is 17.4.